The Morgan fingerprint density at radius 3 is 0.938 bits per heavy atom. The van der Waals surface area contributed by atoms with E-state index < -0.39 is 0 Å². The summed E-state index contributed by atoms with van der Waals surface area (Å²) in [6.07, 6.45) is 0. The number of fused-ring (bicyclic) bond motifs is 11. The van der Waals surface area contributed by atoms with Gasteiger partial charge in [0.1, 0.15) is 0 Å². The Hall–Kier alpha value is -10.8. The Kier molecular flexibility index (Phi) is 13.0. The third-order valence-corrected chi connectivity index (χ3v) is 23.7. The molecule has 0 unspecified atom stereocenters. The van der Waals surface area contributed by atoms with Gasteiger partial charge in [-0.2, -0.15) is 0 Å². The van der Waals surface area contributed by atoms with E-state index in [1.54, 1.807) is 0 Å². The van der Waals surface area contributed by atoms with Crippen molar-refractivity contribution in [2.75, 3.05) is 19.6 Å². The Morgan fingerprint density at radius 2 is 0.557 bits per heavy atom. The van der Waals surface area contributed by atoms with Crippen LogP contribution in [0.1, 0.15) is 52.7 Å². The first-order chi connectivity index (χ1) is 47.4. The van der Waals surface area contributed by atoms with Gasteiger partial charge in [-0.05, 0) is 0 Å². The van der Waals surface area contributed by atoms with Crippen LogP contribution in [-0.4, -0.2) is 27.9 Å². The van der Waals surface area contributed by atoms with Gasteiger partial charge in [-0.1, -0.05) is 0 Å². The molecule has 460 valence electrons. The van der Waals surface area contributed by atoms with Gasteiger partial charge in [0.2, 0.25) is 0 Å². The van der Waals surface area contributed by atoms with Gasteiger partial charge >= 0.3 is 580 Å². The molecule has 0 amide bonds. The van der Waals surface area contributed by atoms with Crippen LogP contribution in [-0.2, 0) is 10.8 Å². The van der Waals surface area contributed by atoms with Gasteiger partial charge in [-0.15, -0.1) is 0 Å². The van der Waals surface area contributed by atoms with E-state index in [2.05, 4.69) is 364 Å². The molecule has 0 spiro atoms. The second-order valence-corrected chi connectivity index (χ2v) is 31.1. The summed E-state index contributed by atoms with van der Waals surface area (Å²) in [7, 11) is 0. The molecule has 5 aliphatic heterocycles. The quantitative estimate of drug-likeness (QED) is 0.141. The van der Waals surface area contributed by atoms with Gasteiger partial charge in [-0.25, -0.2) is 0 Å². The molecule has 7 heteroatoms. The first-order valence-electron chi connectivity index (χ1n) is 34.1. The second kappa shape index (κ2) is 21.9. The molecular weight excluding hydrogens is 1240 g/mol. The first kappa shape index (κ1) is 57.6. The summed E-state index contributed by atoms with van der Waals surface area (Å²) in [4.78, 5) is 10.8. The third kappa shape index (κ3) is 9.12. The van der Waals surface area contributed by atoms with E-state index in [0.29, 0.717) is 0 Å². The van der Waals surface area contributed by atoms with Crippen molar-refractivity contribution in [2.24, 2.45) is 0 Å². The van der Waals surface area contributed by atoms with Crippen molar-refractivity contribution in [3.05, 3.63) is 314 Å². The molecule has 6 heterocycles. The molecule has 14 aromatic rings. The molecule has 0 saturated heterocycles. The van der Waals surface area contributed by atoms with Crippen molar-refractivity contribution in [2.45, 2.75) is 52.4 Å². The van der Waals surface area contributed by atoms with E-state index in [9.17, 15) is 0 Å². The molecule has 0 bridgehead atoms. The maximum absolute atomic E-state index is 2.75. The standard InChI is InChI=1S/C90H68B2N4Se/c1-89(2,3)69-53-79-84-82(56-69)96-77-40-26-25-39-76(77)95-81-55-70(90(4,5)6)54-80-83(81)91(73-43-41-64(58-29-15-8-16-30-58)52-78(73)94(80)72-49-67(61-35-21-11-22-36-61)46-68(50-72)62-37-23-12-24-38-62)87-85(95)86(96)88(97-87)92(84)74-51-63(57-27-13-7-14-28-57)42-44-75(74)93(79)71-47-65(59-31-17-9-18-32-59)45-66(48-71)60-33-19-10-20-34-60/h7-56H,1-6H3. The number of rotatable bonds is 8. The van der Waals surface area contributed by atoms with Crippen LogP contribution in [0.3, 0.4) is 0 Å². The molecular formula is C90H68B2N4Se. The fraction of sp³-hybridized carbons (Fsp3) is 0.0889. The van der Waals surface area contributed by atoms with Crippen LogP contribution in [0.5, 0.6) is 0 Å². The Bertz CT molecular complexity index is 5390. The number of benzene rings is 13. The molecule has 13 aromatic carbocycles. The summed E-state index contributed by atoms with van der Waals surface area (Å²) >= 11 is -0.158. The molecule has 0 aliphatic carbocycles. The zero-order chi connectivity index (χ0) is 65.0. The normalized spacial score (nSPS) is 13.5. The second-order valence-electron chi connectivity index (χ2n) is 28.9. The average Bonchev–Trinajstić information content (AvgIpc) is 1.61. The number of anilines is 12. The Balaban J connectivity index is 0.917. The predicted molar refractivity (Wildman–Crippen MR) is 415 cm³/mol. The Labute approximate surface area is 576 Å². The zero-order valence-corrected chi connectivity index (χ0v) is 56.9. The summed E-state index contributed by atoms with van der Waals surface area (Å²) in [5.41, 5.74) is 36.7. The van der Waals surface area contributed by atoms with Gasteiger partial charge in [0, 0.05) is 0 Å². The number of para-hydroxylation sites is 2. The topological polar surface area (TPSA) is 13.0 Å². The van der Waals surface area contributed by atoms with E-state index in [4.69, 9.17) is 0 Å². The molecule has 0 saturated carbocycles. The molecule has 97 heavy (non-hydrogen) atoms. The van der Waals surface area contributed by atoms with Gasteiger partial charge < -0.3 is 0 Å². The van der Waals surface area contributed by atoms with E-state index >= 15 is 0 Å². The van der Waals surface area contributed by atoms with E-state index in [1.165, 1.54) is 165 Å². The fourth-order valence-electron chi connectivity index (χ4n) is 16.2. The summed E-state index contributed by atoms with van der Waals surface area (Å²) < 4.78 is 3.03. The summed E-state index contributed by atoms with van der Waals surface area (Å²) in [6.45, 7) is 14.3. The van der Waals surface area contributed by atoms with E-state index in [-0.39, 0.29) is 38.8 Å². The van der Waals surface area contributed by atoms with E-state index in [0.717, 1.165) is 11.4 Å². The average molecular weight is 1310 g/mol. The van der Waals surface area contributed by atoms with Crippen molar-refractivity contribution in [1.82, 2.24) is 0 Å². The minimum atomic E-state index is -0.208. The Morgan fingerprint density at radius 1 is 0.237 bits per heavy atom. The monoisotopic (exact) mass is 1310 g/mol. The van der Waals surface area contributed by atoms with Crippen molar-refractivity contribution < 1.29 is 0 Å². The maximum atomic E-state index is 2.75. The fourth-order valence-corrected chi connectivity index (χ4v) is 19.4. The van der Waals surface area contributed by atoms with Crippen LogP contribution in [0.15, 0.2) is 303 Å². The molecule has 0 N–H and O–H groups in total. The SMILES string of the molecule is CC(C)(C)c1cc2c3c(c1)N1c4ccccc4N4c5cc(C(C)(C)C)cc6c5B(c5ccc(-c7ccccc7)cc5N6c5cc(-c6ccccc6)cc(-c6ccccc6)c5)c5[se]c(c1c54)B3c1cc(-c3ccccc3)ccc1N2c1cc(-c2ccccc2)cc(-c2ccccc2)c1. The number of nitrogens with zero attached hydrogens (tertiary/aromatic N) is 4. The summed E-state index contributed by atoms with van der Waals surface area (Å²) in [5.74, 6) is 0. The number of hydrogen-bond acceptors (Lipinski definition) is 4. The third-order valence-electron chi connectivity index (χ3n) is 20.9. The van der Waals surface area contributed by atoms with Gasteiger partial charge in [0.25, 0.3) is 0 Å². The van der Waals surface area contributed by atoms with Gasteiger partial charge in [-0.3, -0.25) is 0 Å². The summed E-state index contributed by atoms with van der Waals surface area (Å²) in [5, 5.41) is 0. The van der Waals surface area contributed by atoms with Crippen LogP contribution >= 0.6 is 0 Å². The van der Waals surface area contributed by atoms with Crippen LogP contribution in [0.25, 0.3) is 66.8 Å². The predicted octanol–water partition coefficient (Wildman–Crippen LogP) is 19.8. The van der Waals surface area contributed by atoms with Crippen molar-refractivity contribution >= 4 is 127 Å². The minimum absolute atomic E-state index is 0.0509. The van der Waals surface area contributed by atoms with Gasteiger partial charge in [0.05, 0.1) is 0 Å². The zero-order valence-electron chi connectivity index (χ0n) is 55.2. The number of hydrogen-bond donors (Lipinski definition) is 0. The van der Waals surface area contributed by atoms with Crippen LogP contribution in [0, 0.1) is 0 Å². The van der Waals surface area contributed by atoms with Crippen LogP contribution in [0.2, 0.25) is 0 Å². The van der Waals surface area contributed by atoms with Gasteiger partial charge in [0.15, 0.2) is 0 Å². The van der Waals surface area contributed by atoms with E-state index in [1.807, 2.05) is 0 Å². The van der Waals surface area contributed by atoms with Crippen molar-refractivity contribution in [3.63, 3.8) is 0 Å². The molecule has 4 nitrogen and oxygen atoms in total. The van der Waals surface area contributed by atoms with Crippen LogP contribution in [0.4, 0.5) is 68.2 Å². The van der Waals surface area contributed by atoms with Crippen molar-refractivity contribution in [1.29, 1.82) is 0 Å². The molecule has 5 aliphatic rings. The molecule has 0 atom stereocenters. The molecule has 0 radical (unpaired) electrons. The van der Waals surface area contributed by atoms with Crippen LogP contribution < -0.4 is 50.1 Å². The molecule has 0 fully saturated rings. The molecule has 19 rings (SSSR count). The molecule has 1 aromatic heterocycles. The summed E-state index contributed by atoms with van der Waals surface area (Å²) in [6, 6.07) is 115. The van der Waals surface area contributed by atoms with Crippen molar-refractivity contribution in [3.8, 4) is 66.8 Å². The first-order valence-corrected chi connectivity index (χ1v) is 35.8.